The second-order valence-electron chi connectivity index (χ2n) is 5.26. The number of nitrogens with zero attached hydrogens (tertiary/aromatic N) is 2. The first-order valence-electron chi connectivity index (χ1n) is 6.51. The molecule has 0 saturated carbocycles. The lowest BCUT2D eigenvalue weighted by atomic mass is 9.90. The van der Waals surface area contributed by atoms with Crippen molar-refractivity contribution < 1.29 is 14.6 Å². The van der Waals surface area contributed by atoms with Gasteiger partial charge in [0.15, 0.2) is 0 Å². The van der Waals surface area contributed by atoms with Crippen molar-refractivity contribution in [3.63, 3.8) is 0 Å². The van der Waals surface area contributed by atoms with E-state index in [1.54, 1.807) is 0 Å². The molecule has 98 valence electrons. The number of hydrogen-bond acceptors (Lipinski definition) is 3. The van der Waals surface area contributed by atoms with Gasteiger partial charge in [-0.2, -0.15) is 0 Å². The van der Waals surface area contributed by atoms with E-state index in [-0.39, 0.29) is 5.92 Å². The summed E-state index contributed by atoms with van der Waals surface area (Å²) < 4.78 is 7.57. The van der Waals surface area contributed by atoms with Crippen molar-refractivity contribution >= 4 is 5.97 Å². The van der Waals surface area contributed by atoms with Gasteiger partial charge in [0.05, 0.1) is 18.2 Å². The first kappa shape index (κ1) is 11.7. The third-order valence-electron chi connectivity index (χ3n) is 4.14. The maximum absolute atomic E-state index is 11.1. The normalized spacial score (nSPS) is 27.2. The summed E-state index contributed by atoms with van der Waals surface area (Å²) in [7, 11) is 2.04. The topological polar surface area (TPSA) is 64.4 Å². The molecule has 3 rings (SSSR count). The highest BCUT2D eigenvalue weighted by Crippen LogP contribution is 2.31. The quantitative estimate of drug-likeness (QED) is 0.854. The number of carbonyl (C=O) groups is 1. The van der Waals surface area contributed by atoms with E-state index >= 15 is 0 Å². The minimum atomic E-state index is -0.697. The molecule has 1 aliphatic carbocycles. The van der Waals surface area contributed by atoms with Crippen LogP contribution in [0.3, 0.4) is 0 Å². The Hall–Kier alpha value is -1.36. The van der Waals surface area contributed by atoms with E-state index in [0.29, 0.717) is 12.3 Å². The van der Waals surface area contributed by atoms with E-state index < -0.39 is 5.97 Å². The van der Waals surface area contributed by atoms with Crippen molar-refractivity contribution in [1.29, 1.82) is 0 Å². The van der Waals surface area contributed by atoms with E-state index in [2.05, 4.69) is 9.55 Å². The summed E-state index contributed by atoms with van der Waals surface area (Å²) in [6.45, 7) is 1.55. The van der Waals surface area contributed by atoms with Crippen LogP contribution in [-0.2, 0) is 29.4 Å². The Balaban J connectivity index is 1.89. The summed E-state index contributed by atoms with van der Waals surface area (Å²) in [6.07, 6.45) is 3.14. The average molecular weight is 250 g/mol. The molecule has 0 radical (unpaired) electrons. The maximum Gasteiger partial charge on any atom is 0.306 e. The van der Waals surface area contributed by atoms with E-state index in [1.807, 2.05) is 7.05 Å². The molecule has 0 spiro atoms. The fourth-order valence-electron chi connectivity index (χ4n) is 3.05. The Morgan fingerprint density at radius 1 is 1.50 bits per heavy atom. The predicted molar refractivity (Wildman–Crippen MR) is 64.5 cm³/mol. The van der Waals surface area contributed by atoms with Gasteiger partial charge in [-0.3, -0.25) is 4.79 Å². The minimum Gasteiger partial charge on any atom is -0.481 e. The molecule has 0 amide bonds. The summed E-state index contributed by atoms with van der Waals surface area (Å²) in [5.74, 6) is 0.490. The summed E-state index contributed by atoms with van der Waals surface area (Å²) in [6, 6.07) is 0. The molecule has 0 bridgehead atoms. The van der Waals surface area contributed by atoms with Crippen molar-refractivity contribution in [2.75, 3.05) is 13.2 Å². The van der Waals surface area contributed by atoms with Crippen LogP contribution < -0.4 is 0 Å². The Morgan fingerprint density at radius 2 is 2.33 bits per heavy atom. The van der Waals surface area contributed by atoms with Crippen LogP contribution >= 0.6 is 0 Å². The van der Waals surface area contributed by atoms with Gasteiger partial charge in [-0.1, -0.05) is 0 Å². The number of hydrogen-bond donors (Lipinski definition) is 1. The van der Waals surface area contributed by atoms with Gasteiger partial charge in [-0.25, -0.2) is 4.98 Å². The lowest BCUT2D eigenvalue weighted by Gasteiger charge is -2.18. The number of imidazole rings is 1. The van der Waals surface area contributed by atoms with Gasteiger partial charge in [-0.15, -0.1) is 0 Å². The zero-order valence-corrected chi connectivity index (χ0v) is 10.6. The van der Waals surface area contributed by atoms with Crippen molar-refractivity contribution in [3.8, 4) is 0 Å². The Bertz CT molecular complexity index is 475. The van der Waals surface area contributed by atoms with Crippen molar-refractivity contribution in [1.82, 2.24) is 9.55 Å². The van der Waals surface area contributed by atoms with Crippen LogP contribution in [0.15, 0.2) is 0 Å². The number of ether oxygens (including phenoxy) is 1. The number of carboxylic acids is 1. The van der Waals surface area contributed by atoms with E-state index in [9.17, 15) is 4.79 Å². The van der Waals surface area contributed by atoms with Gasteiger partial charge in [-0.05, 0) is 19.3 Å². The van der Waals surface area contributed by atoms with Gasteiger partial charge < -0.3 is 14.4 Å². The highest BCUT2D eigenvalue weighted by atomic mass is 16.5. The average Bonchev–Trinajstić information content (AvgIpc) is 2.97. The summed E-state index contributed by atoms with van der Waals surface area (Å²) >= 11 is 0. The Labute approximate surface area is 106 Å². The van der Waals surface area contributed by atoms with E-state index in [0.717, 1.165) is 44.0 Å². The molecule has 1 saturated heterocycles. The first-order chi connectivity index (χ1) is 8.66. The molecule has 2 heterocycles. The predicted octanol–water partition coefficient (Wildman–Crippen LogP) is 1.11. The van der Waals surface area contributed by atoms with Crippen molar-refractivity contribution in [3.05, 3.63) is 17.2 Å². The first-order valence-corrected chi connectivity index (χ1v) is 6.51. The van der Waals surface area contributed by atoms with Crippen LogP contribution in [-0.4, -0.2) is 33.8 Å². The smallest absolute Gasteiger partial charge is 0.306 e. The molecular weight excluding hydrogens is 232 g/mol. The maximum atomic E-state index is 11.1. The molecule has 2 aliphatic rings. The van der Waals surface area contributed by atoms with Crippen LogP contribution in [0.1, 0.15) is 36.0 Å². The van der Waals surface area contributed by atoms with Crippen LogP contribution in [0.4, 0.5) is 0 Å². The van der Waals surface area contributed by atoms with Gasteiger partial charge in [0.1, 0.15) is 5.82 Å². The molecule has 1 aromatic rings. The van der Waals surface area contributed by atoms with E-state index in [4.69, 9.17) is 9.84 Å². The molecular formula is C13H18N2O3. The van der Waals surface area contributed by atoms with Crippen molar-refractivity contribution in [2.45, 2.75) is 31.6 Å². The van der Waals surface area contributed by atoms with Crippen LogP contribution in [0.25, 0.3) is 0 Å². The fourth-order valence-corrected chi connectivity index (χ4v) is 3.05. The largest absolute Gasteiger partial charge is 0.481 e. The highest BCUT2D eigenvalue weighted by Gasteiger charge is 2.31. The molecule has 2 atom stereocenters. The van der Waals surface area contributed by atoms with Gasteiger partial charge in [0.25, 0.3) is 0 Å². The molecule has 1 aliphatic heterocycles. The van der Waals surface area contributed by atoms with Crippen LogP contribution in [0.2, 0.25) is 0 Å². The van der Waals surface area contributed by atoms with Crippen LogP contribution in [0.5, 0.6) is 0 Å². The zero-order chi connectivity index (χ0) is 12.7. The summed E-state index contributed by atoms with van der Waals surface area (Å²) in [5.41, 5.74) is 2.20. The number of rotatable bonds is 2. The minimum absolute atomic E-state index is 0.264. The summed E-state index contributed by atoms with van der Waals surface area (Å²) in [4.78, 5) is 15.7. The number of carboxylic acid groups (broad SMARTS) is 1. The molecule has 0 aromatic carbocycles. The standard InChI is InChI=1S/C13H18N2O3/c1-15-11-3-2-8(13(16)17)6-10(11)14-12(15)9-4-5-18-7-9/h8-9H,2-7H2,1H3,(H,16,17). The number of fused-ring (bicyclic) bond motifs is 1. The summed E-state index contributed by atoms with van der Waals surface area (Å²) in [5, 5.41) is 9.10. The molecule has 5 heteroatoms. The molecule has 1 aromatic heterocycles. The monoisotopic (exact) mass is 250 g/mol. The molecule has 1 fully saturated rings. The Morgan fingerprint density at radius 3 is 3.00 bits per heavy atom. The van der Waals surface area contributed by atoms with Crippen LogP contribution in [0, 0.1) is 5.92 Å². The zero-order valence-electron chi connectivity index (χ0n) is 10.6. The van der Waals surface area contributed by atoms with Gasteiger partial charge in [0.2, 0.25) is 0 Å². The third kappa shape index (κ3) is 1.82. The SMILES string of the molecule is Cn1c(C2CCOC2)nc2c1CCC(C(=O)O)C2. The lowest BCUT2D eigenvalue weighted by molar-refractivity contribution is -0.142. The van der Waals surface area contributed by atoms with E-state index in [1.165, 1.54) is 5.69 Å². The molecule has 1 N–H and O–H groups in total. The molecule has 2 unspecified atom stereocenters. The number of aliphatic carboxylic acids is 1. The highest BCUT2D eigenvalue weighted by molar-refractivity contribution is 5.70. The number of aromatic nitrogens is 2. The lowest BCUT2D eigenvalue weighted by Crippen LogP contribution is -2.22. The molecule has 18 heavy (non-hydrogen) atoms. The molecule has 5 nitrogen and oxygen atoms in total. The second kappa shape index (κ2) is 4.39. The second-order valence-corrected chi connectivity index (χ2v) is 5.26. The Kier molecular flexibility index (Phi) is 2.86. The fraction of sp³-hybridized carbons (Fsp3) is 0.692. The van der Waals surface area contributed by atoms with Gasteiger partial charge >= 0.3 is 5.97 Å². The van der Waals surface area contributed by atoms with Gasteiger partial charge in [0, 0.05) is 31.7 Å². The third-order valence-corrected chi connectivity index (χ3v) is 4.14. The van der Waals surface area contributed by atoms with Crippen molar-refractivity contribution in [2.24, 2.45) is 13.0 Å².